The SMILES string of the molecule is COc1cc(C)sc1S(=O)(=O)NC(=O)C1(c2ccc(Cl)cc2Cl)CC1. The zero-order valence-electron chi connectivity index (χ0n) is 13.4. The van der Waals surface area contributed by atoms with Gasteiger partial charge < -0.3 is 4.74 Å². The number of rotatable bonds is 5. The van der Waals surface area contributed by atoms with Gasteiger partial charge in [0.15, 0.2) is 9.96 Å². The summed E-state index contributed by atoms with van der Waals surface area (Å²) in [5.74, 6) is -0.373. The van der Waals surface area contributed by atoms with Gasteiger partial charge in [0.1, 0.15) is 0 Å². The Morgan fingerprint density at radius 1 is 1.28 bits per heavy atom. The van der Waals surface area contributed by atoms with Crippen molar-refractivity contribution < 1.29 is 17.9 Å². The molecule has 9 heteroatoms. The van der Waals surface area contributed by atoms with Crippen molar-refractivity contribution in [2.75, 3.05) is 7.11 Å². The molecule has 0 aliphatic heterocycles. The third-order valence-electron chi connectivity index (χ3n) is 4.11. The van der Waals surface area contributed by atoms with Crippen LogP contribution in [0.15, 0.2) is 28.5 Å². The van der Waals surface area contributed by atoms with E-state index in [-0.39, 0.29) is 9.96 Å². The first-order valence-corrected chi connectivity index (χ1v) is 10.4. The van der Waals surface area contributed by atoms with Crippen molar-refractivity contribution in [3.05, 3.63) is 44.8 Å². The molecule has 0 spiro atoms. The van der Waals surface area contributed by atoms with Gasteiger partial charge in [-0.1, -0.05) is 29.3 Å². The number of nitrogens with one attached hydrogen (secondary N) is 1. The van der Waals surface area contributed by atoms with Gasteiger partial charge in [0.25, 0.3) is 10.0 Å². The quantitative estimate of drug-likeness (QED) is 0.796. The monoisotopic (exact) mass is 419 g/mol. The number of sulfonamides is 1. The Labute approximate surface area is 160 Å². The van der Waals surface area contributed by atoms with E-state index in [0.717, 1.165) is 16.2 Å². The summed E-state index contributed by atoms with van der Waals surface area (Å²) in [7, 11) is -2.64. The van der Waals surface area contributed by atoms with Gasteiger partial charge in [0, 0.05) is 14.9 Å². The molecule has 2 aromatic rings. The molecular formula is C16H15Cl2NO4S2. The zero-order chi connectivity index (χ0) is 18.4. The van der Waals surface area contributed by atoms with E-state index in [2.05, 4.69) is 4.72 Å². The molecule has 1 aromatic carbocycles. The number of thiophene rings is 1. The zero-order valence-corrected chi connectivity index (χ0v) is 16.6. The van der Waals surface area contributed by atoms with E-state index in [9.17, 15) is 13.2 Å². The van der Waals surface area contributed by atoms with Crippen LogP contribution in [-0.4, -0.2) is 21.4 Å². The first-order chi connectivity index (χ1) is 11.7. The molecule has 1 saturated carbocycles. The molecule has 1 fully saturated rings. The smallest absolute Gasteiger partial charge is 0.277 e. The molecule has 134 valence electrons. The molecule has 0 saturated heterocycles. The Morgan fingerprint density at radius 2 is 1.96 bits per heavy atom. The van der Waals surface area contributed by atoms with Crippen LogP contribution < -0.4 is 9.46 Å². The minimum Gasteiger partial charge on any atom is -0.494 e. The van der Waals surface area contributed by atoms with Gasteiger partial charge in [-0.15, -0.1) is 11.3 Å². The standard InChI is InChI=1S/C16H15Cl2NO4S2/c1-9-7-13(23-2)14(24-9)25(21,22)19-15(20)16(5-6-16)11-4-3-10(17)8-12(11)18/h3-4,7-8H,5-6H2,1-2H3,(H,19,20). The molecule has 1 N–H and O–H groups in total. The molecule has 1 amide bonds. The molecule has 25 heavy (non-hydrogen) atoms. The lowest BCUT2D eigenvalue weighted by atomic mass is 9.95. The number of hydrogen-bond donors (Lipinski definition) is 1. The van der Waals surface area contributed by atoms with Crippen LogP contribution in [-0.2, 0) is 20.2 Å². The maximum absolute atomic E-state index is 12.7. The highest BCUT2D eigenvalue weighted by atomic mass is 35.5. The number of hydrogen-bond acceptors (Lipinski definition) is 5. The number of aryl methyl sites for hydroxylation is 1. The third kappa shape index (κ3) is 3.38. The molecule has 0 atom stereocenters. The molecule has 1 aliphatic carbocycles. The number of amides is 1. The van der Waals surface area contributed by atoms with E-state index >= 15 is 0 Å². The summed E-state index contributed by atoms with van der Waals surface area (Å²) >= 11 is 13.1. The van der Waals surface area contributed by atoms with Crippen LogP contribution in [0.3, 0.4) is 0 Å². The van der Waals surface area contributed by atoms with Crippen LogP contribution in [0.4, 0.5) is 0 Å². The second kappa shape index (κ2) is 6.46. The Kier molecular flexibility index (Phi) is 4.79. The van der Waals surface area contributed by atoms with Crippen molar-refractivity contribution in [2.24, 2.45) is 0 Å². The second-order valence-electron chi connectivity index (χ2n) is 5.85. The molecule has 0 unspecified atom stereocenters. The largest absolute Gasteiger partial charge is 0.494 e. The van der Waals surface area contributed by atoms with E-state index in [0.29, 0.717) is 28.5 Å². The first-order valence-electron chi connectivity index (χ1n) is 7.37. The van der Waals surface area contributed by atoms with E-state index in [4.69, 9.17) is 27.9 Å². The van der Waals surface area contributed by atoms with Gasteiger partial charge in [0.05, 0.1) is 12.5 Å². The Morgan fingerprint density at radius 3 is 2.52 bits per heavy atom. The van der Waals surface area contributed by atoms with Crippen LogP contribution in [0.5, 0.6) is 5.75 Å². The van der Waals surface area contributed by atoms with Crippen molar-refractivity contribution in [3.63, 3.8) is 0 Å². The molecule has 1 aliphatic rings. The minimum atomic E-state index is -4.03. The number of carbonyl (C=O) groups is 1. The predicted molar refractivity (Wildman–Crippen MR) is 98.3 cm³/mol. The lowest BCUT2D eigenvalue weighted by Gasteiger charge is -2.17. The lowest BCUT2D eigenvalue weighted by Crippen LogP contribution is -2.38. The molecule has 0 radical (unpaired) electrons. The topological polar surface area (TPSA) is 72.5 Å². The Bertz CT molecular complexity index is 949. The molecular weight excluding hydrogens is 405 g/mol. The fraction of sp³-hybridized carbons (Fsp3) is 0.312. The summed E-state index contributed by atoms with van der Waals surface area (Å²) in [4.78, 5) is 13.5. The molecule has 1 aromatic heterocycles. The maximum atomic E-state index is 12.7. The Hall–Kier alpha value is -1.28. The minimum absolute atomic E-state index is 0.0150. The van der Waals surface area contributed by atoms with Crippen LogP contribution >= 0.6 is 34.5 Å². The fourth-order valence-corrected chi connectivity index (χ4v) is 5.87. The van der Waals surface area contributed by atoms with Crippen LogP contribution in [0.25, 0.3) is 0 Å². The number of benzene rings is 1. The van der Waals surface area contributed by atoms with Crippen LogP contribution in [0, 0.1) is 6.92 Å². The lowest BCUT2D eigenvalue weighted by molar-refractivity contribution is -0.121. The highest BCUT2D eigenvalue weighted by molar-refractivity contribution is 7.92. The average Bonchev–Trinajstić information content (AvgIpc) is 3.23. The van der Waals surface area contributed by atoms with Gasteiger partial charge in [0.2, 0.25) is 5.91 Å². The predicted octanol–water partition coefficient (Wildman–Crippen LogP) is 3.91. The van der Waals surface area contributed by atoms with E-state index in [1.54, 1.807) is 31.2 Å². The maximum Gasteiger partial charge on any atom is 0.277 e. The summed E-state index contributed by atoms with van der Waals surface area (Å²) in [6.07, 6.45) is 1.05. The van der Waals surface area contributed by atoms with Gasteiger partial charge in [-0.05, 0) is 43.5 Å². The number of methoxy groups -OCH3 is 1. The Balaban J connectivity index is 1.91. The number of carbonyl (C=O) groups excluding carboxylic acids is 1. The van der Waals surface area contributed by atoms with E-state index < -0.39 is 21.3 Å². The van der Waals surface area contributed by atoms with E-state index in [1.807, 2.05) is 0 Å². The summed E-state index contributed by atoms with van der Waals surface area (Å²) < 4.78 is 32.5. The summed E-state index contributed by atoms with van der Waals surface area (Å²) in [5.41, 5.74) is -0.352. The molecule has 1 heterocycles. The van der Waals surface area contributed by atoms with Crippen molar-refractivity contribution in [3.8, 4) is 5.75 Å². The van der Waals surface area contributed by atoms with Gasteiger partial charge in [-0.3, -0.25) is 4.79 Å². The van der Waals surface area contributed by atoms with E-state index in [1.165, 1.54) is 7.11 Å². The molecule has 3 rings (SSSR count). The third-order valence-corrected chi connectivity index (χ3v) is 7.54. The fourth-order valence-electron chi connectivity index (χ4n) is 2.69. The number of ether oxygens (including phenoxy) is 1. The van der Waals surface area contributed by atoms with Crippen molar-refractivity contribution in [2.45, 2.75) is 29.4 Å². The first kappa shape index (κ1) is 18.5. The van der Waals surface area contributed by atoms with Crippen LogP contribution in [0.2, 0.25) is 10.0 Å². The average molecular weight is 420 g/mol. The summed E-state index contributed by atoms with van der Waals surface area (Å²) in [6, 6.07) is 6.47. The molecule has 0 bridgehead atoms. The van der Waals surface area contributed by atoms with Gasteiger partial charge in [-0.25, -0.2) is 13.1 Å². The van der Waals surface area contributed by atoms with Gasteiger partial charge >= 0.3 is 0 Å². The van der Waals surface area contributed by atoms with Crippen LogP contribution in [0.1, 0.15) is 23.3 Å². The summed E-state index contributed by atoms with van der Waals surface area (Å²) in [6.45, 7) is 1.77. The summed E-state index contributed by atoms with van der Waals surface area (Å²) in [5, 5.41) is 0.804. The highest BCUT2D eigenvalue weighted by Gasteiger charge is 2.53. The van der Waals surface area contributed by atoms with Gasteiger partial charge in [-0.2, -0.15) is 0 Å². The highest BCUT2D eigenvalue weighted by Crippen LogP contribution is 2.51. The van der Waals surface area contributed by atoms with Crippen molar-refractivity contribution in [1.82, 2.24) is 4.72 Å². The molecule has 5 nitrogen and oxygen atoms in total. The van der Waals surface area contributed by atoms with Crippen molar-refractivity contribution >= 4 is 50.5 Å². The normalized spacial score (nSPS) is 15.7. The van der Waals surface area contributed by atoms with Crippen molar-refractivity contribution in [1.29, 1.82) is 0 Å². The second-order valence-corrected chi connectivity index (χ2v) is 9.83. The number of halogens is 2.